The second kappa shape index (κ2) is 8.96. The molecular weight excluding hydrogens is 282 g/mol. The van der Waals surface area contributed by atoms with Gasteiger partial charge in [0.25, 0.3) is 0 Å². The highest BCUT2D eigenvalue weighted by Gasteiger charge is 2.16. The fourth-order valence-electron chi connectivity index (χ4n) is 2.45. The highest BCUT2D eigenvalue weighted by molar-refractivity contribution is 5.19. The third-order valence-corrected chi connectivity index (χ3v) is 3.81. The SMILES string of the molecule is C=CCC(N[C@H](C)c1ccccc1)C(=C)OCc1ccccc1. The van der Waals surface area contributed by atoms with Gasteiger partial charge in [-0.15, -0.1) is 6.58 Å². The van der Waals surface area contributed by atoms with Crippen LogP contribution in [0.1, 0.15) is 30.5 Å². The van der Waals surface area contributed by atoms with Gasteiger partial charge < -0.3 is 10.1 Å². The molecule has 0 fully saturated rings. The topological polar surface area (TPSA) is 21.3 Å². The normalized spacial score (nSPS) is 13.1. The highest BCUT2D eigenvalue weighted by Crippen LogP contribution is 2.17. The van der Waals surface area contributed by atoms with E-state index in [0.717, 1.165) is 17.7 Å². The molecule has 1 unspecified atom stereocenters. The monoisotopic (exact) mass is 307 g/mol. The lowest BCUT2D eigenvalue weighted by Gasteiger charge is -2.24. The smallest absolute Gasteiger partial charge is 0.113 e. The number of hydrogen-bond donors (Lipinski definition) is 1. The fourth-order valence-corrected chi connectivity index (χ4v) is 2.45. The van der Waals surface area contributed by atoms with Crippen LogP contribution in [0, 0.1) is 0 Å². The van der Waals surface area contributed by atoms with Gasteiger partial charge in [0, 0.05) is 6.04 Å². The molecule has 2 nitrogen and oxygen atoms in total. The second-order valence-electron chi connectivity index (χ2n) is 5.62. The fraction of sp³-hybridized carbons (Fsp3) is 0.238. The van der Waals surface area contributed by atoms with Crippen molar-refractivity contribution >= 4 is 0 Å². The van der Waals surface area contributed by atoms with E-state index in [1.165, 1.54) is 5.56 Å². The van der Waals surface area contributed by atoms with E-state index in [4.69, 9.17) is 4.74 Å². The molecule has 2 heteroatoms. The molecular formula is C21H25NO. The second-order valence-corrected chi connectivity index (χ2v) is 5.62. The summed E-state index contributed by atoms with van der Waals surface area (Å²) in [6, 6.07) is 20.8. The number of benzene rings is 2. The molecule has 0 spiro atoms. The van der Waals surface area contributed by atoms with Crippen LogP contribution in [0.5, 0.6) is 0 Å². The van der Waals surface area contributed by atoms with Crippen molar-refractivity contribution < 1.29 is 4.74 Å². The van der Waals surface area contributed by atoms with E-state index in [1.54, 1.807) is 0 Å². The molecule has 0 aliphatic carbocycles. The average Bonchev–Trinajstić information content (AvgIpc) is 2.61. The van der Waals surface area contributed by atoms with Crippen LogP contribution < -0.4 is 5.32 Å². The van der Waals surface area contributed by atoms with E-state index < -0.39 is 0 Å². The van der Waals surface area contributed by atoms with Crippen LogP contribution in [0.3, 0.4) is 0 Å². The molecule has 2 aromatic carbocycles. The predicted octanol–water partition coefficient (Wildman–Crippen LogP) is 5.01. The first-order valence-electron chi connectivity index (χ1n) is 7.98. The number of rotatable bonds is 9. The molecule has 2 atom stereocenters. The van der Waals surface area contributed by atoms with E-state index in [2.05, 4.69) is 61.8 Å². The summed E-state index contributed by atoms with van der Waals surface area (Å²) in [4.78, 5) is 0. The zero-order valence-electron chi connectivity index (χ0n) is 13.7. The summed E-state index contributed by atoms with van der Waals surface area (Å²) in [7, 11) is 0. The Morgan fingerprint density at radius 2 is 1.70 bits per heavy atom. The Bertz CT molecular complexity index is 606. The van der Waals surface area contributed by atoms with Crippen molar-refractivity contribution in [2.24, 2.45) is 0 Å². The summed E-state index contributed by atoms with van der Waals surface area (Å²) in [5.74, 6) is 0.747. The Kier molecular flexibility index (Phi) is 6.64. The predicted molar refractivity (Wildman–Crippen MR) is 97.0 cm³/mol. The van der Waals surface area contributed by atoms with Crippen molar-refractivity contribution in [2.75, 3.05) is 0 Å². The van der Waals surface area contributed by atoms with Crippen molar-refractivity contribution in [3.63, 3.8) is 0 Å². The van der Waals surface area contributed by atoms with Gasteiger partial charge in [-0.2, -0.15) is 0 Å². The van der Waals surface area contributed by atoms with Gasteiger partial charge in [-0.25, -0.2) is 0 Å². The van der Waals surface area contributed by atoms with Gasteiger partial charge in [0.1, 0.15) is 12.4 Å². The summed E-state index contributed by atoms with van der Waals surface area (Å²) < 4.78 is 5.87. The Labute approximate surface area is 139 Å². The zero-order valence-corrected chi connectivity index (χ0v) is 13.7. The summed E-state index contributed by atoms with van der Waals surface area (Å²) in [6.07, 6.45) is 2.68. The van der Waals surface area contributed by atoms with Crippen molar-refractivity contribution in [3.8, 4) is 0 Å². The average molecular weight is 307 g/mol. The van der Waals surface area contributed by atoms with Gasteiger partial charge >= 0.3 is 0 Å². The van der Waals surface area contributed by atoms with E-state index in [9.17, 15) is 0 Å². The van der Waals surface area contributed by atoms with Crippen LogP contribution in [0.25, 0.3) is 0 Å². The molecule has 0 saturated carbocycles. The van der Waals surface area contributed by atoms with Crippen molar-refractivity contribution in [1.82, 2.24) is 5.32 Å². The lowest BCUT2D eigenvalue weighted by atomic mass is 10.1. The van der Waals surface area contributed by atoms with Gasteiger partial charge in [0.05, 0.1) is 6.04 Å². The van der Waals surface area contributed by atoms with Gasteiger partial charge in [-0.1, -0.05) is 73.3 Å². The molecule has 2 aromatic rings. The van der Waals surface area contributed by atoms with Crippen LogP contribution in [0.4, 0.5) is 0 Å². The maximum Gasteiger partial charge on any atom is 0.113 e. The molecule has 0 saturated heterocycles. The molecule has 0 aliphatic rings. The molecule has 0 radical (unpaired) electrons. The lowest BCUT2D eigenvalue weighted by Crippen LogP contribution is -2.33. The molecule has 0 aliphatic heterocycles. The first-order chi connectivity index (χ1) is 11.2. The van der Waals surface area contributed by atoms with Crippen LogP contribution in [-0.2, 0) is 11.3 Å². The van der Waals surface area contributed by atoms with Crippen molar-refractivity contribution in [3.05, 3.63) is 96.8 Å². The van der Waals surface area contributed by atoms with Crippen molar-refractivity contribution in [1.29, 1.82) is 0 Å². The molecule has 23 heavy (non-hydrogen) atoms. The summed E-state index contributed by atoms with van der Waals surface area (Å²) in [5.41, 5.74) is 2.39. The third-order valence-electron chi connectivity index (χ3n) is 3.81. The summed E-state index contributed by atoms with van der Waals surface area (Å²) in [6.45, 7) is 10.6. The standard InChI is InChI=1S/C21H25NO/c1-4-11-21(22-17(2)20-14-9-6-10-15-20)18(3)23-16-19-12-7-5-8-13-19/h4-10,12-15,17,21-22H,1,3,11,16H2,2H3/t17-,21?/m1/s1. The number of ether oxygens (including phenoxy) is 1. The minimum atomic E-state index is 0.0476. The van der Waals surface area contributed by atoms with Gasteiger partial charge in [-0.3, -0.25) is 0 Å². The Morgan fingerprint density at radius 3 is 2.30 bits per heavy atom. The van der Waals surface area contributed by atoms with Crippen LogP contribution in [-0.4, -0.2) is 6.04 Å². The Balaban J connectivity index is 1.94. The van der Waals surface area contributed by atoms with Crippen LogP contribution in [0.15, 0.2) is 85.7 Å². The third kappa shape index (κ3) is 5.42. The van der Waals surface area contributed by atoms with E-state index >= 15 is 0 Å². The number of nitrogens with one attached hydrogen (secondary N) is 1. The highest BCUT2D eigenvalue weighted by atomic mass is 16.5. The molecule has 0 amide bonds. The summed E-state index contributed by atoms with van der Waals surface area (Å²) >= 11 is 0. The van der Waals surface area contributed by atoms with E-state index in [-0.39, 0.29) is 12.1 Å². The quantitative estimate of drug-likeness (QED) is 0.519. The van der Waals surface area contributed by atoms with E-state index in [1.807, 2.05) is 30.3 Å². The molecule has 1 N–H and O–H groups in total. The van der Waals surface area contributed by atoms with Crippen molar-refractivity contribution in [2.45, 2.75) is 32.0 Å². The Morgan fingerprint density at radius 1 is 1.09 bits per heavy atom. The molecule has 0 heterocycles. The maximum absolute atomic E-state index is 5.87. The molecule has 2 rings (SSSR count). The van der Waals surface area contributed by atoms with Crippen LogP contribution >= 0.6 is 0 Å². The lowest BCUT2D eigenvalue weighted by molar-refractivity contribution is 0.171. The molecule has 0 aromatic heterocycles. The Hall–Kier alpha value is -2.32. The van der Waals surface area contributed by atoms with Gasteiger partial charge in [0.2, 0.25) is 0 Å². The minimum Gasteiger partial charge on any atom is -0.492 e. The van der Waals surface area contributed by atoms with Gasteiger partial charge in [0.15, 0.2) is 0 Å². The zero-order chi connectivity index (χ0) is 16.5. The first kappa shape index (κ1) is 17.0. The van der Waals surface area contributed by atoms with Gasteiger partial charge in [-0.05, 0) is 24.5 Å². The van der Waals surface area contributed by atoms with E-state index in [0.29, 0.717) is 6.61 Å². The minimum absolute atomic E-state index is 0.0476. The first-order valence-corrected chi connectivity index (χ1v) is 7.98. The summed E-state index contributed by atoms with van der Waals surface area (Å²) in [5, 5.41) is 3.57. The largest absolute Gasteiger partial charge is 0.492 e. The maximum atomic E-state index is 5.87. The van der Waals surface area contributed by atoms with Crippen LogP contribution in [0.2, 0.25) is 0 Å². The molecule has 0 bridgehead atoms. The number of hydrogen-bond acceptors (Lipinski definition) is 2. The molecule has 120 valence electrons.